The summed E-state index contributed by atoms with van der Waals surface area (Å²) in [5, 5.41) is 3.18. The monoisotopic (exact) mass is 273 g/mol. The number of benzene rings is 2. The normalized spacial score (nSPS) is 9.79. The lowest BCUT2D eigenvalue weighted by Crippen LogP contribution is -2.10. The maximum Gasteiger partial charge on any atom is 0.119 e. The number of rotatable bonds is 4. The number of hydrogen-bond donors (Lipinski definition) is 1. The molecule has 2 aromatic carbocycles. The van der Waals surface area contributed by atoms with Crippen molar-refractivity contribution in [2.45, 2.75) is 0 Å². The smallest absolute Gasteiger partial charge is 0.119 e. The zero-order chi connectivity index (χ0) is 13.7. The first-order valence-electron chi connectivity index (χ1n) is 5.82. The van der Waals surface area contributed by atoms with Crippen LogP contribution in [0.5, 0.6) is 11.5 Å². The van der Waals surface area contributed by atoms with Crippen molar-refractivity contribution in [1.29, 1.82) is 0 Å². The maximum atomic E-state index is 5.37. The van der Waals surface area contributed by atoms with Crippen molar-refractivity contribution >= 4 is 22.9 Å². The van der Waals surface area contributed by atoms with Crippen molar-refractivity contribution in [2.75, 3.05) is 19.5 Å². The third kappa shape index (κ3) is 3.45. The largest absolute Gasteiger partial charge is 0.497 e. The maximum absolute atomic E-state index is 5.37. The van der Waals surface area contributed by atoms with E-state index in [1.807, 2.05) is 48.5 Å². The molecule has 0 saturated carbocycles. The highest BCUT2D eigenvalue weighted by Crippen LogP contribution is 2.18. The van der Waals surface area contributed by atoms with E-state index in [0.717, 1.165) is 22.7 Å². The summed E-state index contributed by atoms with van der Waals surface area (Å²) in [5.41, 5.74) is 1.85. The topological polar surface area (TPSA) is 30.5 Å². The Bertz CT molecular complexity index is 567. The lowest BCUT2D eigenvalue weighted by Gasteiger charge is -2.09. The van der Waals surface area contributed by atoms with Crippen LogP contribution in [0.15, 0.2) is 48.5 Å². The highest BCUT2D eigenvalue weighted by Gasteiger charge is 2.03. The van der Waals surface area contributed by atoms with Crippen LogP contribution in [0, 0.1) is 0 Å². The summed E-state index contributed by atoms with van der Waals surface area (Å²) in [4.78, 5) is 0.657. The lowest BCUT2D eigenvalue weighted by atomic mass is 10.2. The molecule has 1 N–H and O–H groups in total. The van der Waals surface area contributed by atoms with Crippen LogP contribution < -0.4 is 14.8 Å². The molecule has 2 aromatic rings. The summed E-state index contributed by atoms with van der Waals surface area (Å²) in [7, 11) is 3.28. The molecule has 19 heavy (non-hydrogen) atoms. The van der Waals surface area contributed by atoms with E-state index in [-0.39, 0.29) is 0 Å². The molecule has 0 bridgehead atoms. The number of anilines is 1. The third-order valence-electron chi connectivity index (χ3n) is 2.68. The molecule has 0 spiro atoms. The Kier molecular flexibility index (Phi) is 4.36. The van der Waals surface area contributed by atoms with E-state index >= 15 is 0 Å². The summed E-state index contributed by atoms with van der Waals surface area (Å²) in [6.07, 6.45) is 0. The van der Waals surface area contributed by atoms with Crippen LogP contribution in [-0.2, 0) is 0 Å². The molecule has 0 unspecified atom stereocenters. The van der Waals surface area contributed by atoms with Crippen LogP contribution in [0.25, 0.3) is 0 Å². The summed E-state index contributed by atoms with van der Waals surface area (Å²) < 4.78 is 10.3. The summed E-state index contributed by atoms with van der Waals surface area (Å²) in [6, 6.07) is 15.3. The predicted molar refractivity (Wildman–Crippen MR) is 81.3 cm³/mol. The average Bonchev–Trinajstić information content (AvgIpc) is 2.48. The van der Waals surface area contributed by atoms with E-state index in [2.05, 4.69) is 5.32 Å². The SMILES string of the molecule is COc1ccc(NC(=S)c2cccc(OC)c2)cc1. The van der Waals surface area contributed by atoms with Crippen molar-refractivity contribution in [3.63, 3.8) is 0 Å². The van der Waals surface area contributed by atoms with E-state index in [1.54, 1.807) is 14.2 Å². The number of methoxy groups -OCH3 is 2. The zero-order valence-corrected chi connectivity index (χ0v) is 11.7. The standard InChI is InChI=1S/C15H15NO2S/c1-17-13-8-6-12(7-9-13)16-15(19)11-4-3-5-14(10-11)18-2/h3-10H,1-2H3,(H,16,19). The average molecular weight is 273 g/mol. The first-order valence-corrected chi connectivity index (χ1v) is 6.23. The van der Waals surface area contributed by atoms with Gasteiger partial charge < -0.3 is 14.8 Å². The molecule has 4 heteroatoms. The van der Waals surface area contributed by atoms with E-state index in [4.69, 9.17) is 21.7 Å². The molecule has 0 amide bonds. The van der Waals surface area contributed by atoms with Gasteiger partial charge in [-0.05, 0) is 36.4 Å². The first kappa shape index (κ1) is 13.4. The lowest BCUT2D eigenvalue weighted by molar-refractivity contribution is 0.414. The van der Waals surface area contributed by atoms with Gasteiger partial charge in [0.2, 0.25) is 0 Å². The van der Waals surface area contributed by atoms with Gasteiger partial charge in [-0.1, -0.05) is 24.4 Å². The Balaban J connectivity index is 2.11. The number of nitrogens with one attached hydrogen (secondary N) is 1. The fourth-order valence-electron chi connectivity index (χ4n) is 1.64. The molecule has 0 radical (unpaired) electrons. The molecule has 0 aliphatic heterocycles. The van der Waals surface area contributed by atoms with E-state index < -0.39 is 0 Å². The van der Waals surface area contributed by atoms with E-state index in [1.165, 1.54) is 0 Å². The molecule has 0 fully saturated rings. The molecule has 0 atom stereocenters. The quantitative estimate of drug-likeness (QED) is 0.864. The number of thiocarbonyl (C=S) groups is 1. The Labute approximate surface area is 118 Å². The van der Waals surface area contributed by atoms with Gasteiger partial charge in [0, 0.05) is 11.3 Å². The minimum atomic E-state index is 0.657. The second-order valence-corrected chi connectivity index (χ2v) is 4.32. The van der Waals surface area contributed by atoms with Crippen molar-refractivity contribution in [3.8, 4) is 11.5 Å². The number of ether oxygens (including phenoxy) is 2. The van der Waals surface area contributed by atoms with Gasteiger partial charge in [-0.3, -0.25) is 0 Å². The molecule has 3 nitrogen and oxygen atoms in total. The highest BCUT2D eigenvalue weighted by molar-refractivity contribution is 7.81. The van der Waals surface area contributed by atoms with Gasteiger partial charge in [-0.25, -0.2) is 0 Å². The van der Waals surface area contributed by atoms with Gasteiger partial charge in [-0.2, -0.15) is 0 Å². The van der Waals surface area contributed by atoms with Crippen LogP contribution >= 0.6 is 12.2 Å². The Morgan fingerprint density at radius 2 is 1.63 bits per heavy atom. The summed E-state index contributed by atoms with van der Waals surface area (Å²) in [6.45, 7) is 0. The van der Waals surface area contributed by atoms with Crippen LogP contribution in [0.4, 0.5) is 5.69 Å². The van der Waals surface area contributed by atoms with Crippen molar-refractivity contribution in [1.82, 2.24) is 0 Å². The van der Waals surface area contributed by atoms with Gasteiger partial charge in [0.05, 0.1) is 14.2 Å². The van der Waals surface area contributed by atoms with Crippen LogP contribution in [0.1, 0.15) is 5.56 Å². The Morgan fingerprint density at radius 3 is 2.26 bits per heavy atom. The molecular weight excluding hydrogens is 258 g/mol. The minimum absolute atomic E-state index is 0.657. The predicted octanol–water partition coefficient (Wildman–Crippen LogP) is 3.49. The van der Waals surface area contributed by atoms with Crippen LogP contribution in [0.2, 0.25) is 0 Å². The third-order valence-corrected chi connectivity index (χ3v) is 3.02. The Hall–Kier alpha value is -2.07. The fourth-order valence-corrected chi connectivity index (χ4v) is 1.89. The second-order valence-electron chi connectivity index (χ2n) is 3.91. The van der Waals surface area contributed by atoms with Gasteiger partial charge in [-0.15, -0.1) is 0 Å². The molecule has 0 aliphatic rings. The zero-order valence-electron chi connectivity index (χ0n) is 10.8. The molecular formula is C15H15NO2S. The minimum Gasteiger partial charge on any atom is -0.497 e. The summed E-state index contributed by atoms with van der Waals surface area (Å²) in [5.74, 6) is 1.61. The second kappa shape index (κ2) is 6.20. The van der Waals surface area contributed by atoms with Crippen LogP contribution in [-0.4, -0.2) is 19.2 Å². The molecule has 0 heterocycles. The summed E-state index contributed by atoms with van der Waals surface area (Å²) >= 11 is 5.37. The Morgan fingerprint density at radius 1 is 0.947 bits per heavy atom. The van der Waals surface area contributed by atoms with Crippen molar-refractivity contribution < 1.29 is 9.47 Å². The van der Waals surface area contributed by atoms with Crippen molar-refractivity contribution in [2.24, 2.45) is 0 Å². The number of hydrogen-bond acceptors (Lipinski definition) is 3. The van der Waals surface area contributed by atoms with Crippen LogP contribution in [0.3, 0.4) is 0 Å². The molecule has 98 valence electrons. The van der Waals surface area contributed by atoms with Gasteiger partial charge in [0.1, 0.15) is 16.5 Å². The van der Waals surface area contributed by atoms with E-state index in [0.29, 0.717) is 4.99 Å². The van der Waals surface area contributed by atoms with Gasteiger partial charge in [0.15, 0.2) is 0 Å². The van der Waals surface area contributed by atoms with Gasteiger partial charge >= 0.3 is 0 Å². The fraction of sp³-hybridized carbons (Fsp3) is 0.133. The first-order chi connectivity index (χ1) is 9.22. The van der Waals surface area contributed by atoms with Gasteiger partial charge in [0.25, 0.3) is 0 Å². The molecule has 0 aliphatic carbocycles. The molecule has 2 rings (SSSR count). The van der Waals surface area contributed by atoms with Crippen molar-refractivity contribution in [3.05, 3.63) is 54.1 Å². The molecule has 0 saturated heterocycles. The molecule has 0 aromatic heterocycles. The van der Waals surface area contributed by atoms with E-state index in [9.17, 15) is 0 Å². The highest BCUT2D eigenvalue weighted by atomic mass is 32.1.